The number of hydrogen-bond donors (Lipinski definition) is 2. The molecule has 146 valence electrons. The molecule has 6 nitrogen and oxygen atoms in total. The highest BCUT2D eigenvalue weighted by molar-refractivity contribution is 6.09. The van der Waals surface area contributed by atoms with Gasteiger partial charge < -0.3 is 19.7 Å². The lowest BCUT2D eigenvalue weighted by molar-refractivity contribution is 0.0606. The number of aryl methyl sites for hydroxylation is 1. The average Bonchev–Trinajstić information content (AvgIpc) is 2.63. The molecular formula is C22H24N2O4. The predicted molar refractivity (Wildman–Crippen MR) is 110 cm³/mol. The van der Waals surface area contributed by atoms with Crippen LogP contribution in [0.25, 0.3) is 10.8 Å². The van der Waals surface area contributed by atoms with Crippen molar-refractivity contribution in [3.05, 3.63) is 70.1 Å². The van der Waals surface area contributed by atoms with Crippen LogP contribution in [0.4, 0.5) is 5.69 Å². The summed E-state index contributed by atoms with van der Waals surface area (Å²) in [4.78, 5) is 25.4. The Hall–Kier alpha value is -3.12. The fraction of sp³-hybridized carbons (Fsp3) is 0.273. The summed E-state index contributed by atoms with van der Waals surface area (Å²) in [7, 11) is 1.59. The Kier molecular flexibility index (Phi) is 5.25. The number of amides is 1. The maximum atomic E-state index is 12.8. The molecule has 28 heavy (non-hydrogen) atoms. The van der Waals surface area contributed by atoms with E-state index in [2.05, 4.69) is 5.32 Å². The first kappa shape index (κ1) is 19.6. The second-order valence-corrected chi connectivity index (χ2v) is 7.47. The van der Waals surface area contributed by atoms with Crippen LogP contribution in [0.5, 0.6) is 5.75 Å². The first-order valence-electron chi connectivity index (χ1n) is 9.00. The molecule has 3 rings (SSSR count). The third-order valence-electron chi connectivity index (χ3n) is 4.48. The zero-order chi connectivity index (χ0) is 20.5. The number of ether oxygens (including phenoxy) is 1. The van der Waals surface area contributed by atoms with Crippen LogP contribution in [0, 0.1) is 6.92 Å². The van der Waals surface area contributed by atoms with E-state index in [9.17, 15) is 14.7 Å². The number of hydrogen-bond acceptors (Lipinski definition) is 4. The number of benzene rings is 2. The fourth-order valence-corrected chi connectivity index (χ4v) is 3.18. The third-order valence-corrected chi connectivity index (χ3v) is 4.48. The maximum absolute atomic E-state index is 12.8. The van der Waals surface area contributed by atoms with Crippen LogP contribution in [-0.2, 0) is 6.54 Å². The van der Waals surface area contributed by atoms with Gasteiger partial charge in [0.15, 0.2) is 0 Å². The van der Waals surface area contributed by atoms with Gasteiger partial charge in [0.1, 0.15) is 5.75 Å². The van der Waals surface area contributed by atoms with Crippen LogP contribution in [0.1, 0.15) is 29.8 Å². The largest absolute Gasteiger partial charge is 0.496 e. The topological polar surface area (TPSA) is 80.6 Å². The van der Waals surface area contributed by atoms with Gasteiger partial charge in [0.05, 0.1) is 19.3 Å². The van der Waals surface area contributed by atoms with Gasteiger partial charge in [0, 0.05) is 28.2 Å². The molecule has 0 aliphatic heterocycles. The number of nitrogens with one attached hydrogen (secondary N) is 1. The van der Waals surface area contributed by atoms with Crippen molar-refractivity contribution in [2.45, 2.75) is 32.9 Å². The Morgan fingerprint density at radius 2 is 1.93 bits per heavy atom. The number of pyridine rings is 1. The summed E-state index contributed by atoms with van der Waals surface area (Å²) in [6.45, 7) is 5.36. The van der Waals surface area contributed by atoms with Crippen molar-refractivity contribution in [2.24, 2.45) is 0 Å². The first-order valence-corrected chi connectivity index (χ1v) is 9.00. The molecule has 1 amide bonds. The van der Waals surface area contributed by atoms with Gasteiger partial charge in [-0.3, -0.25) is 9.59 Å². The highest BCUT2D eigenvalue weighted by atomic mass is 16.5. The van der Waals surface area contributed by atoms with Crippen LogP contribution >= 0.6 is 0 Å². The molecule has 0 fully saturated rings. The molecule has 0 saturated heterocycles. The van der Waals surface area contributed by atoms with Gasteiger partial charge in [-0.2, -0.15) is 0 Å². The third kappa shape index (κ3) is 4.07. The van der Waals surface area contributed by atoms with Crippen LogP contribution in [-0.4, -0.2) is 28.3 Å². The second-order valence-electron chi connectivity index (χ2n) is 7.47. The summed E-state index contributed by atoms with van der Waals surface area (Å²) in [6, 6.07) is 12.2. The molecule has 0 atom stereocenters. The van der Waals surface area contributed by atoms with Crippen molar-refractivity contribution >= 4 is 22.4 Å². The van der Waals surface area contributed by atoms with Crippen LogP contribution in [0.15, 0.2) is 53.5 Å². The van der Waals surface area contributed by atoms with E-state index in [1.165, 1.54) is 4.57 Å². The van der Waals surface area contributed by atoms with Crippen LogP contribution in [0.3, 0.4) is 0 Å². The Morgan fingerprint density at radius 1 is 1.18 bits per heavy atom. The van der Waals surface area contributed by atoms with Crippen molar-refractivity contribution in [1.82, 2.24) is 4.57 Å². The lowest BCUT2D eigenvalue weighted by Gasteiger charge is -2.19. The molecule has 1 heterocycles. The monoisotopic (exact) mass is 380 g/mol. The standard InChI is InChI=1S/C22H24N2O4/c1-14-12-15(8-9-19(14)28-4)20(25)23-18-7-5-6-17-16(18)10-11-24(21(17)26)13-22(2,3)27/h5-12,27H,13H2,1-4H3,(H,23,25). The highest BCUT2D eigenvalue weighted by Crippen LogP contribution is 2.23. The first-order chi connectivity index (χ1) is 13.2. The summed E-state index contributed by atoms with van der Waals surface area (Å²) in [5.41, 5.74) is 0.711. The van der Waals surface area contributed by atoms with Gasteiger partial charge in [-0.1, -0.05) is 6.07 Å². The molecule has 0 radical (unpaired) electrons. The van der Waals surface area contributed by atoms with Gasteiger partial charge in [-0.25, -0.2) is 0 Å². The molecule has 0 spiro atoms. The Balaban J connectivity index is 1.95. The molecule has 0 aliphatic carbocycles. The minimum atomic E-state index is -1.00. The molecule has 2 aromatic carbocycles. The Labute approximate surface area is 163 Å². The SMILES string of the molecule is COc1ccc(C(=O)Nc2cccc3c(=O)n(CC(C)(C)O)ccc23)cc1C. The van der Waals surface area contributed by atoms with Gasteiger partial charge in [-0.15, -0.1) is 0 Å². The van der Waals surface area contributed by atoms with Gasteiger partial charge in [0.25, 0.3) is 11.5 Å². The predicted octanol–water partition coefficient (Wildman–Crippen LogP) is 3.34. The molecular weight excluding hydrogens is 356 g/mol. The van der Waals surface area contributed by atoms with E-state index in [4.69, 9.17) is 4.74 Å². The molecule has 2 N–H and O–H groups in total. The summed E-state index contributed by atoms with van der Waals surface area (Å²) < 4.78 is 6.70. The van der Waals surface area contributed by atoms with Crippen molar-refractivity contribution in [3.63, 3.8) is 0 Å². The van der Waals surface area contributed by atoms with Crippen molar-refractivity contribution in [3.8, 4) is 5.75 Å². The minimum absolute atomic E-state index is 0.184. The Bertz CT molecular complexity index is 1090. The van der Waals surface area contributed by atoms with E-state index >= 15 is 0 Å². The van der Waals surface area contributed by atoms with Crippen molar-refractivity contribution < 1.29 is 14.6 Å². The number of rotatable bonds is 5. The lowest BCUT2D eigenvalue weighted by atomic mass is 10.1. The molecule has 0 aliphatic rings. The van der Waals surface area contributed by atoms with Crippen LogP contribution < -0.4 is 15.6 Å². The summed E-state index contributed by atoms with van der Waals surface area (Å²) in [5.74, 6) is 0.452. The molecule has 6 heteroatoms. The summed E-state index contributed by atoms with van der Waals surface area (Å²) in [5, 5.41) is 14.0. The number of aliphatic hydroxyl groups is 1. The van der Waals surface area contributed by atoms with Crippen LogP contribution in [0.2, 0.25) is 0 Å². The normalized spacial score (nSPS) is 11.5. The average molecular weight is 380 g/mol. The highest BCUT2D eigenvalue weighted by Gasteiger charge is 2.16. The fourth-order valence-electron chi connectivity index (χ4n) is 3.18. The van der Waals surface area contributed by atoms with E-state index in [1.54, 1.807) is 69.6 Å². The summed E-state index contributed by atoms with van der Waals surface area (Å²) >= 11 is 0. The van der Waals surface area contributed by atoms with E-state index in [0.717, 1.165) is 5.56 Å². The van der Waals surface area contributed by atoms with Gasteiger partial charge in [-0.05, 0) is 62.7 Å². The van der Waals surface area contributed by atoms with Crippen molar-refractivity contribution in [1.29, 1.82) is 0 Å². The maximum Gasteiger partial charge on any atom is 0.258 e. The lowest BCUT2D eigenvalue weighted by Crippen LogP contribution is -2.32. The Morgan fingerprint density at radius 3 is 2.57 bits per heavy atom. The number of anilines is 1. The smallest absolute Gasteiger partial charge is 0.258 e. The van der Waals surface area contributed by atoms with E-state index in [-0.39, 0.29) is 18.0 Å². The quantitative estimate of drug-likeness (QED) is 0.711. The number of methoxy groups -OCH3 is 1. The zero-order valence-electron chi connectivity index (χ0n) is 16.4. The number of nitrogens with zero attached hydrogens (tertiary/aromatic N) is 1. The number of fused-ring (bicyclic) bond motifs is 1. The van der Waals surface area contributed by atoms with Crippen molar-refractivity contribution in [2.75, 3.05) is 12.4 Å². The molecule has 1 aromatic heterocycles. The number of carbonyl (C=O) groups is 1. The zero-order valence-corrected chi connectivity index (χ0v) is 16.4. The molecule has 3 aromatic rings. The minimum Gasteiger partial charge on any atom is -0.496 e. The molecule has 0 unspecified atom stereocenters. The van der Waals surface area contributed by atoms with Gasteiger partial charge in [0.2, 0.25) is 0 Å². The van der Waals surface area contributed by atoms with E-state index in [0.29, 0.717) is 27.8 Å². The van der Waals surface area contributed by atoms with Gasteiger partial charge >= 0.3 is 0 Å². The number of aromatic nitrogens is 1. The molecule has 0 bridgehead atoms. The number of carbonyl (C=O) groups excluding carboxylic acids is 1. The molecule has 0 saturated carbocycles. The summed E-state index contributed by atoms with van der Waals surface area (Å²) in [6.07, 6.45) is 1.63. The van der Waals surface area contributed by atoms with E-state index in [1.807, 2.05) is 6.92 Å². The van der Waals surface area contributed by atoms with E-state index < -0.39 is 5.60 Å². The second kappa shape index (κ2) is 7.48.